The molecule has 2 aromatic heterocycles. The van der Waals surface area contributed by atoms with Crippen LogP contribution in [0.5, 0.6) is 0 Å². The molecule has 5 nitrogen and oxygen atoms in total. The highest BCUT2D eigenvalue weighted by Gasteiger charge is 2.41. The molecular weight excluding hydrogens is 550 g/mol. The first-order valence-corrected chi connectivity index (χ1v) is 15.9. The average Bonchev–Trinajstić information content (AvgIpc) is 3.46. The lowest BCUT2D eigenvalue weighted by atomic mass is 9.66. The molecule has 4 aromatic carbocycles. The monoisotopic (exact) mass is 583 g/mol. The van der Waals surface area contributed by atoms with Crippen molar-refractivity contribution in [3.63, 3.8) is 0 Å². The van der Waals surface area contributed by atoms with Crippen LogP contribution in [0.15, 0.2) is 109 Å². The maximum absolute atomic E-state index is 9.66. The zero-order chi connectivity index (χ0) is 30.4. The van der Waals surface area contributed by atoms with Gasteiger partial charge in [0.05, 0.1) is 11.1 Å². The van der Waals surface area contributed by atoms with Crippen LogP contribution in [0.25, 0.3) is 56.2 Å². The smallest absolute Gasteiger partial charge is 0.164 e. The molecular formula is C40H33N5. The maximum atomic E-state index is 9.66. The predicted octanol–water partition coefficient (Wildman–Crippen LogP) is 9.43. The second-order valence-electron chi connectivity index (χ2n) is 13.0. The minimum absolute atomic E-state index is 0.301. The van der Waals surface area contributed by atoms with E-state index in [9.17, 15) is 5.26 Å². The van der Waals surface area contributed by atoms with Gasteiger partial charge in [0, 0.05) is 28.3 Å². The molecule has 1 unspecified atom stereocenters. The highest BCUT2D eigenvalue weighted by Crippen LogP contribution is 2.51. The summed E-state index contributed by atoms with van der Waals surface area (Å²) in [6.07, 6.45) is 8.63. The van der Waals surface area contributed by atoms with Gasteiger partial charge in [-0.15, -0.1) is 0 Å². The highest BCUT2D eigenvalue weighted by molar-refractivity contribution is 5.96. The number of hydrogen-bond donors (Lipinski definition) is 0. The predicted molar refractivity (Wildman–Crippen MR) is 179 cm³/mol. The van der Waals surface area contributed by atoms with Gasteiger partial charge in [-0.1, -0.05) is 105 Å². The zero-order valence-electron chi connectivity index (χ0n) is 25.3. The molecule has 218 valence electrons. The van der Waals surface area contributed by atoms with Crippen LogP contribution in [0.3, 0.4) is 0 Å². The third-order valence-electron chi connectivity index (χ3n) is 9.98. The number of fused-ring (bicyclic) bond motifs is 3. The van der Waals surface area contributed by atoms with Crippen molar-refractivity contribution in [1.82, 2.24) is 19.9 Å². The Hall–Kier alpha value is -5.21. The molecule has 8 rings (SSSR count). The summed E-state index contributed by atoms with van der Waals surface area (Å²) in [7, 11) is 0. The Balaban J connectivity index is 1.15. The van der Waals surface area contributed by atoms with Crippen LogP contribution in [-0.4, -0.2) is 19.9 Å². The first-order valence-electron chi connectivity index (χ1n) is 15.9. The number of hydrogen-bond acceptors (Lipinski definition) is 5. The Labute approximate surface area is 263 Å². The van der Waals surface area contributed by atoms with E-state index in [4.69, 9.17) is 15.0 Å². The molecule has 0 radical (unpaired) electrons. The summed E-state index contributed by atoms with van der Waals surface area (Å²) >= 11 is 0. The van der Waals surface area contributed by atoms with E-state index in [2.05, 4.69) is 66.5 Å². The Morgan fingerprint density at radius 2 is 1.24 bits per heavy atom. The Morgan fingerprint density at radius 1 is 0.644 bits per heavy atom. The lowest BCUT2D eigenvalue weighted by Crippen LogP contribution is -2.30. The molecule has 0 N–H and O–H groups in total. The molecule has 0 amide bonds. The van der Waals surface area contributed by atoms with Gasteiger partial charge in [0.15, 0.2) is 17.5 Å². The van der Waals surface area contributed by atoms with Crippen LogP contribution in [-0.2, 0) is 5.41 Å². The normalized spacial score (nSPS) is 20.6. The van der Waals surface area contributed by atoms with E-state index >= 15 is 0 Å². The van der Waals surface area contributed by atoms with Gasteiger partial charge in [-0.2, -0.15) is 5.26 Å². The van der Waals surface area contributed by atoms with Crippen LogP contribution in [0, 0.1) is 23.2 Å². The fraction of sp³-hybridized carbons (Fsp3) is 0.225. The van der Waals surface area contributed by atoms with Crippen molar-refractivity contribution in [1.29, 1.82) is 5.26 Å². The molecule has 6 aromatic rings. The van der Waals surface area contributed by atoms with Crippen LogP contribution in [0.1, 0.15) is 50.2 Å². The lowest BCUT2D eigenvalue weighted by Gasteiger charge is -2.38. The third kappa shape index (κ3) is 5.07. The van der Waals surface area contributed by atoms with Crippen molar-refractivity contribution in [3.05, 3.63) is 120 Å². The van der Waals surface area contributed by atoms with E-state index in [1.807, 2.05) is 48.5 Å². The number of aromatic nitrogens is 4. The zero-order valence-corrected chi connectivity index (χ0v) is 25.3. The molecule has 0 spiro atoms. The van der Waals surface area contributed by atoms with Crippen molar-refractivity contribution in [2.45, 2.75) is 44.4 Å². The molecule has 0 saturated heterocycles. The average molecular weight is 584 g/mol. The van der Waals surface area contributed by atoms with E-state index < -0.39 is 0 Å². The molecule has 45 heavy (non-hydrogen) atoms. The summed E-state index contributed by atoms with van der Waals surface area (Å²) in [5.41, 5.74) is 7.97. The summed E-state index contributed by atoms with van der Waals surface area (Å²) in [6, 6.07) is 37.5. The van der Waals surface area contributed by atoms with Crippen molar-refractivity contribution in [2.75, 3.05) is 0 Å². The van der Waals surface area contributed by atoms with E-state index in [1.54, 1.807) is 12.3 Å². The molecule has 2 saturated carbocycles. The summed E-state index contributed by atoms with van der Waals surface area (Å²) in [5.74, 6) is 3.56. The van der Waals surface area contributed by atoms with E-state index in [1.165, 1.54) is 48.8 Å². The van der Waals surface area contributed by atoms with Crippen LogP contribution in [0.2, 0.25) is 0 Å². The van der Waals surface area contributed by atoms with Gasteiger partial charge in [-0.05, 0) is 71.4 Å². The van der Waals surface area contributed by atoms with Crippen LogP contribution >= 0.6 is 0 Å². The Kier molecular flexibility index (Phi) is 6.72. The molecule has 2 aliphatic carbocycles. The molecule has 5 heteroatoms. The summed E-state index contributed by atoms with van der Waals surface area (Å²) in [6.45, 7) is 2.48. The SMILES string of the molecule is CC1(c2ccc(-c3ccc(-c4nc(-c5ccccc5)nc(-c5ccc(C#N)c6ncccc56)n4)cc3)cc2)C[C@@H]2CC[C@@H](C2)C1. The van der Waals surface area contributed by atoms with Crippen LogP contribution < -0.4 is 0 Å². The van der Waals surface area contributed by atoms with Gasteiger partial charge in [-0.3, -0.25) is 4.98 Å². The maximum Gasteiger partial charge on any atom is 0.164 e. The molecule has 2 aliphatic rings. The molecule has 0 aliphatic heterocycles. The van der Waals surface area contributed by atoms with Crippen molar-refractivity contribution in [3.8, 4) is 51.4 Å². The number of benzene rings is 4. The first-order chi connectivity index (χ1) is 22.1. The minimum Gasteiger partial charge on any atom is -0.255 e. The van der Waals surface area contributed by atoms with Crippen molar-refractivity contribution < 1.29 is 0 Å². The Morgan fingerprint density at radius 3 is 1.91 bits per heavy atom. The number of nitriles is 1. The van der Waals surface area contributed by atoms with Gasteiger partial charge in [0.1, 0.15) is 6.07 Å². The molecule has 2 bridgehead atoms. The standard InChI is InChI=1S/C40H33N5/c1-40(23-26-9-10-27(22-26)24-40)33-18-15-29(16-19-33)28-11-13-31(14-12-28)38-43-37(30-6-3-2-4-7-30)44-39(45-38)35-20-17-32(25-41)36-34(35)8-5-21-42-36/h2-8,11-21,26-27H,9-10,22-24H2,1H3/t26-,27+,40?. The highest BCUT2D eigenvalue weighted by atomic mass is 15.0. The van der Waals surface area contributed by atoms with Crippen molar-refractivity contribution in [2.24, 2.45) is 11.8 Å². The van der Waals surface area contributed by atoms with Crippen molar-refractivity contribution >= 4 is 10.9 Å². The molecule has 2 heterocycles. The summed E-state index contributed by atoms with van der Waals surface area (Å²) in [4.78, 5) is 19.3. The second kappa shape index (κ2) is 11.1. The van der Waals surface area contributed by atoms with E-state index in [-0.39, 0.29) is 0 Å². The number of pyridine rings is 1. The third-order valence-corrected chi connectivity index (χ3v) is 9.98. The van der Waals surface area contributed by atoms with Crippen LogP contribution in [0.4, 0.5) is 0 Å². The number of rotatable bonds is 5. The number of nitrogens with zero attached hydrogens (tertiary/aromatic N) is 5. The molecule has 2 fully saturated rings. The van der Waals surface area contributed by atoms with E-state index in [0.717, 1.165) is 33.9 Å². The lowest BCUT2D eigenvalue weighted by molar-refractivity contribution is 0.232. The molecule has 3 atom stereocenters. The first kappa shape index (κ1) is 27.3. The van der Waals surface area contributed by atoms with Gasteiger partial charge < -0.3 is 0 Å². The van der Waals surface area contributed by atoms with Gasteiger partial charge >= 0.3 is 0 Å². The largest absolute Gasteiger partial charge is 0.255 e. The van der Waals surface area contributed by atoms with Gasteiger partial charge in [0.25, 0.3) is 0 Å². The second-order valence-corrected chi connectivity index (χ2v) is 13.0. The van der Waals surface area contributed by atoms with Gasteiger partial charge in [0.2, 0.25) is 0 Å². The Bertz CT molecular complexity index is 2050. The minimum atomic E-state index is 0.301. The summed E-state index contributed by atoms with van der Waals surface area (Å²) < 4.78 is 0. The van der Waals surface area contributed by atoms with E-state index in [0.29, 0.717) is 34.0 Å². The van der Waals surface area contributed by atoms with Gasteiger partial charge in [-0.25, -0.2) is 15.0 Å². The topological polar surface area (TPSA) is 75.3 Å². The quantitative estimate of drug-likeness (QED) is 0.202. The fourth-order valence-corrected chi connectivity index (χ4v) is 7.82. The summed E-state index contributed by atoms with van der Waals surface area (Å²) in [5, 5.41) is 10.5. The fourth-order valence-electron chi connectivity index (χ4n) is 7.82.